The lowest BCUT2D eigenvalue weighted by molar-refractivity contribution is 0.0793. The molecule has 2 aromatic heterocycles. The molecule has 0 spiro atoms. The number of amides is 1. The molecule has 0 unspecified atom stereocenters. The number of halogens is 2. The van der Waals surface area contributed by atoms with Crippen molar-refractivity contribution in [3.8, 4) is 11.3 Å². The third-order valence-corrected chi connectivity index (χ3v) is 5.88. The summed E-state index contributed by atoms with van der Waals surface area (Å²) in [5, 5.41) is 12.1. The molecule has 33 heavy (non-hydrogen) atoms. The van der Waals surface area contributed by atoms with Crippen molar-refractivity contribution < 1.29 is 9.18 Å². The summed E-state index contributed by atoms with van der Waals surface area (Å²) in [5.41, 5.74) is 4.46. The summed E-state index contributed by atoms with van der Waals surface area (Å²) >= 11 is 6.53. The molecule has 0 aliphatic carbocycles. The average molecular weight is 466 g/mol. The molecule has 0 fully saturated rings. The Hall–Kier alpha value is -3.45. The molecule has 8 heteroatoms. The van der Waals surface area contributed by atoms with E-state index < -0.39 is 0 Å². The molecule has 0 aliphatic heterocycles. The number of hydrogen-bond acceptors (Lipinski definition) is 3. The van der Waals surface area contributed by atoms with Crippen LogP contribution in [0.1, 0.15) is 33.7 Å². The molecule has 4 rings (SSSR count). The number of hydrogen-bond donors (Lipinski definition) is 1. The lowest BCUT2D eigenvalue weighted by atomic mass is 10.1. The number of aryl methyl sites for hydroxylation is 2. The fourth-order valence-corrected chi connectivity index (χ4v) is 4.06. The van der Waals surface area contributed by atoms with E-state index in [9.17, 15) is 9.18 Å². The molecule has 2 heterocycles. The molecule has 1 N–H and O–H groups in total. The van der Waals surface area contributed by atoms with E-state index in [4.69, 9.17) is 11.6 Å². The number of nitrogens with one attached hydrogen (secondary N) is 1. The number of aromatic amines is 1. The van der Waals surface area contributed by atoms with Crippen LogP contribution >= 0.6 is 11.6 Å². The summed E-state index contributed by atoms with van der Waals surface area (Å²) < 4.78 is 15.1. The normalized spacial score (nSPS) is 11.0. The summed E-state index contributed by atoms with van der Waals surface area (Å²) in [6.07, 6.45) is 1.45. The molecule has 0 aliphatic rings. The lowest BCUT2D eigenvalue weighted by Gasteiger charge is -2.17. The molecule has 6 nitrogen and oxygen atoms in total. The summed E-state index contributed by atoms with van der Waals surface area (Å²) in [6, 6.07) is 18.1. The van der Waals surface area contributed by atoms with E-state index >= 15 is 0 Å². The number of rotatable bonds is 8. The number of carbonyl (C=O) groups excluding carboxylic acids is 1. The van der Waals surface area contributed by atoms with Gasteiger partial charge in [-0.1, -0.05) is 54.1 Å². The molecule has 0 radical (unpaired) electrons. The monoisotopic (exact) mass is 465 g/mol. The van der Waals surface area contributed by atoms with E-state index in [0.717, 1.165) is 23.2 Å². The predicted octanol–water partition coefficient (Wildman–Crippen LogP) is 5.13. The smallest absolute Gasteiger partial charge is 0.258 e. The summed E-state index contributed by atoms with van der Waals surface area (Å²) in [5.74, 6) is -0.444. The van der Waals surface area contributed by atoms with E-state index in [1.807, 2.05) is 42.5 Å². The Morgan fingerprint density at radius 1 is 1.15 bits per heavy atom. The molecule has 170 valence electrons. The Bertz CT molecular complexity index is 1250. The zero-order valence-electron chi connectivity index (χ0n) is 18.6. The second-order valence-electron chi connectivity index (χ2n) is 8.01. The molecule has 2 aromatic carbocycles. The highest BCUT2D eigenvalue weighted by Gasteiger charge is 2.23. The van der Waals surface area contributed by atoms with Crippen LogP contribution in [0.3, 0.4) is 0 Å². The largest absolute Gasteiger partial charge is 0.342 e. The predicted molar refractivity (Wildman–Crippen MR) is 127 cm³/mol. The summed E-state index contributed by atoms with van der Waals surface area (Å²) in [7, 11) is 1.76. The second-order valence-corrected chi connectivity index (χ2v) is 8.37. The molecule has 0 saturated carbocycles. The first-order valence-corrected chi connectivity index (χ1v) is 11.1. The first kappa shape index (κ1) is 22.7. The number of H-pyrrole nitrogens is 1. The van der Waals surface area contributed by atoms with Crippen molar-refractivity contribution in [1.82, 2.24) is 24.9 Å². The Kier molecular flexibility index (Phi) is 6.89. The van der Waals surface area contributed by atoms with E-state index in [2.05, 4.69) is 15.3 Å². The maximum Gasteiger partial charge on any atom is 0.258 e. The number of aromatic nitrogens is 4. The Balaban J connectivity index is 1.36. The maximum atomic E-state index is 13.4. The minimum atomic E-state index is -0.293. The van der Waals surface area contributed by atoms with Crippen LogP contribution in [0.5, 0.6) is 0 Å². The Labute approximate surface area is 197 Å². The number of benzene rings is 2. The fourth-order valence-electron chi connectivity index (χ4n) is 3.74. The lowest BCUT2D eigenvalue weighted by Crippen LogP contribution is -2.28. The molecule has 0 bridgehead atoms. The summed E-state index contributed by atoms with van der Waals surface area (Å²) in [6.45, 7) is 2.85. The fraction of sp³-hybridized carbons (Fsp3) is 0.240. The van der Waals surface area contributed by atoms with Crippen molar-refractivity contribution in [2.75, 3.05) is 13.6 Å². The van der Waals surface area contributed by atoms with Gasteiger partial charge in [-0.2, -0.15) is 10.2 Å². The quantitative estimate of drug-likeness (QED) is 0.392. The average Bonchev–Trinajstić information content (AvgIpc) is 3.38. The highest BCUT2D eigenvalue weighted by atomic mass is 35.5. The van der Waals surface area contributed by atoms with Crippen molar-refractivity contribution in [3.63, 3.8) is 0 Å². The van der Waals surface area contributed by atoms with Gasteiger partial charge in [0.15, 0.2) is 0 Å². The summed E-state index contributed by atoms with van der Waals surface area (Å²) in [4.78, 5) is 14.7. The van der Waals surface area contributed by atoms with Gasteiger partial charge in [0.25, 0.3) is 5.91 Å². The standard InChI is InChI=1S/C25H25ClFN5O/c1-17-23(24(26)32(30-17)16-18-8-4-3-5-9-18)25(33)31(2)13-7-12-21-15-22(29-28-21)19-10-6-11-20(27)14-19/h3-6,8-11,14-15H,7,12-13,16H2,1-2H3,(H,28,29). The Morgan fingerprint density at radius 2 is 1.94 bits per heavy atom. The van der Waals surface area contributed by atoms with Gasteiger partial charge in [-0.15, -0.1) is 0 Å². The van der Waals surface area contributed by atoms with Gasteiger partial charge in [0.1, 0.15) is 11.0 Å². The first-order valence-electron chi connectivity index (χ1n) is 10.7. The van der Waals surface area contributed by atoms with Crippen LogP contribution in [0.2, 0.25) is 5.15 Å². The van der Waals surface area contributed by atoms with E-state index in [1.54, 1.807) is 29.6 Å². The van der Waals surface area contributed by atoms with Gasteiger partial charge in [0, 0.05) is 24.8 Å². The molecular formula is C25H25ClFN5O. The molecule has 1 amide bonds. The van der Waals surface area contributed by atoms with E-state index in [1.165, 1.54) is 12.1 Å². The highest BCUT2D eigenvalue weighted by molar-refractivity contribution is 6.33. The number of carbonyl (C=O) groups is 1. The van der Waals surface area contributed by atoms with Crippen molar-refractivity contribution in [2.24, 2.45) is 0 Å². The van der Waals surface area contributed by atoms with Gasteiger partial charge >= 0.3 is 0 Å². The van der Waals surface area contributed by atoms with Crippen molar-refractivity contribution in [3.05, 3.63) is 94.1 Å². The van der Waals surface area contributed by atoms with Crippen LogP contribution in [0.4, 0.5) is 4.39 Å². The van der Waals surface area contributed by atoms with Crippen molar-refractivity contribution in [1.29, 1.82) is 0 Å². The van der Waals surface area contributed by atoms with Gasteiger partial charge in [-0.05, 0) is 43.5 Å². The first-order chi connectivity index (χ1) is 15.9. The SMILES string of the molecule is Cc1nn(Cc2ccccc2)c(Cl)c1C(=O)N(C)CCCc1cc(-c2cccc(F)c2)n[nH]1. The van der Waals surface area contributed by atoms with Crippen molar-refractivity contribution >= 4 is 17.5 Å². The molecule has 0 saturated heterocycles. The van der Waals surface area contributed by atoms with Crippen LogP contribution in [-0.2, 0) is 13.0 Å². The second kappa shape index (κ2) is 10.0. The topological polar surface area (TPSA) is 66.8 Å². The van der Waals surface area contributed by atoms with Gasteiger partial charge < -0.3 is 4.90 Å². The highest BCUT2D eigenvalue weighted by Crippen LogP contribution is 2.23. The third-order valence-electron chi connectivity index (χ3n) is 5.49. The van der Waals surface area contributed by atoms with Gasteiger partial charge in [-0.3, -0.25) is 9.89 Å². The van der Waals surface area contributed by atoms with Gasteiger partial charge in [0.05, 0.1) is 23.5 Å². The van der Waals surface area contributed by atoms with E-state index in [0.29, 0.717) is 41.6 Å². The molecule has 4 aromatic rings. The van der Waals surface area contributed by atoms with Gasteiger partial charge in [-0.25, -0.2) is 9.07 Å². The number of nitrogens with zero attached hydrogens (tertiary/aromatic N) is 4. The molecular weight excluding hydrogens is 441 g/mol. The Morgan fingerprint density at radius 3 is 2.70 bits per heavy atom. The third kappa shape index (κ3) is 5.31. The van der Waals surface area contributed by atoms with Crippen molar-refractivity contribution in [2.45, 2.75) is 26.3 Å². The van der Waals surface area contributed by atoms with Crippen LogP contribution in [0.15, 0.2) is 60.7 Å². The van der Waals surface area contributed by atoms with Crippen LogP contribution in [0, 0.1) is 12.7 Å². The molecule has 0 atom stereocenters. The van der Waals surface area contributed by atoms with Crippen LogP contribution in [-0.4, -0.2) is 44.4 Å². The zero-order valence-corrected chi connectivity index (χ0v) is 19.3. The zero-order chi connectivity index (χ0) is 23.4. The van der Waals surface area contributed by atoms with E-state index in [-0.39, 0.29) is 11.7 Å². The minimum Gasteiger partial charge on any atom is -0.342 e. The minimum absolute atomic E-state index is 0.151. The van der Waals surface area contributed by atoms with Crippen LogP contribution < -0.4 is 0 Å². The van der Waals surface area contributed by atoms with Crippen LogP contribution in [0.25, 0.3) is 11.3 Å². The van der Waals surface area contributed by atoms with Gasteiger partial charge in [0.2, 0.25) is 0 Å². The maximum absolute atomic E-state index is 13.4.